The number of aromatic amines is 1. The minimum absolute atomic E-state index is 0.0446. The summed E-state index contributed by atoms with van der Waals surface area (Å²) in [6.45, 7) is 1.63. The second-order valence-corrected chi connectivity index (χ2v) is 8.14. The zero-order valence-corrected chi connectivity index (χ0v) is 18.3. The minimum Gasteiger partial charge on any atom is -0.497 e. The van der Waals surface area contributed by atoms with Crippen LogP contribution in [0.4, 0.5) is 0 Å². The van der Waals surface area contributed by atoms with Gasteiger partial charge < -0.3 is 19.6 Å². The van der Waals surface area contributed by atoms with Gasteiger partial charge in [0.05, 0.1) is 26.9 Å². The van der Waals surface area contributed by atoms with Crippen LogP contribution in [-0.4, -0.2) is 40.7 Å². The highest BCUT2D eigenvalue weighted by molar-refractivity contribution is 5.86. The molecular weight excluding hydrogens is 402 g/mol. The fraction of sp³-hybridized carbons (Fsp3) is 0.269. The van der Waals surface area contributed by atoms with Crippen LogP contribution in [-0.2, 0) is 19.6 Å². The lowest BCUT2D eigenvalue weighted by atomic mass is 9.92. The standard InChI is InChI=1S/C26H27N3O3/c1-31-20-6-7-23-22(13-20)21-9-11-29(15-17-5-8-24(32-2)19(12-17)16-30)26(25(21)28-23)18-4-3-10-27-14-18/h3-8,10,12-14,26,28,30H,9,11,15-16H2,1-2H3/t26-/m0/s1. The Balaban J connectivity index is 1.57. The zero-order chi connectivity index (χ0) is 22.1. The van der Waals surface area contributed by atoms with Crippen LogP contribution in [0.5, 0.6) is 11.5 Å². The van der Waals surface area contributed by atoms with Gasteiger partial charge in [0, 0.05) is 47.6 Å². The normalized spacial score (nSPS) is 16.2. The average molecular weight is 430 g/mol. The second kappa shape index (κ2) is 8.65. The molecule has 6 heteroatoms. The van der Waals surface area contributed by atoms with Crippen molar-refractivity contribution in [2.75, 3.05) is 20.8 Å². The molecular formula is C26H27N3O3. The van der Waals surface area contributed by atoms with Gasteiger partial charge in [-0.2, -0.15) is 0 Å². The summed E-state index contributed by atoms with van der Waals surface area (Å²) in [4.78, 5) is 10.6. The molecule has 0 saturated carbocycles. The number of nitrogens with one attached hydrogen (secondary N) is 1. The third kappa shape index (κ3) is 3.61. The zero-order valence-electron chi connectivity index (χ0n) is 18.3. The molecule has 4 aromatic rings. The maximum Gasteiger partial charge on any atom is 0.124 e. The van der Waals surface area contributed by atoms with Crippen molar-refractivity contribution in [1.82, 2.24) is 14.9 Å². The van der Waals surface area contributed by atoms with E-state index in [2.05, 4.69) is 39.1 Å². The minimum atomic E-state index is -0.0446. The number of aliphatic hydroxyl groups is 1. The molecule has 0 unspecified atom stereocenters. The van der Waals surface area contributed by atoms with Gasteiger partial charge in [0.1, 0.15) is 11.5 Å². The summed E-state index contributed by atoms with van der Waals surface area (Å²) in [5.41, 5.74) is 6.78. The largest absolute Gasteiger partial charge is 0.497 e. The third-order valence-corrected chi connectivity index (χ3v) is 6.33. The topological polar surface area (TPSA) is 70.6 Å². The van der Waals surface area contributed by atoms with Gasteiger partial charge in [-0.15, -0.1) is 0 Å². The third-order valence-electron chi connectivity index (χ3n) is 6.33. The van der Waals surface area contributed by atoms with E-state index < -0.39 is 0 Å². The summed E-state index contributed by atoms with van der Waals surface area (Å²) in [5, 5.41) is 11.0. The highest BCUT2D eigenvalue weighted by Gasteiger charge is 2.32. The van der Waals surface area contributed by atoms with E-state index in [-0.39, 0.29) is 12.6 Å². The van der Waals surface area contributed by atoms with Crippen molar-refractivity contribution in [3.8, 4) is 11.5 Å². The molecule has 164 valence electrons. The van der Waals surface area contributed by atoms with E-state index in [9.17, 15) is 5.11 Å². The monoisotopic (exact) mass is 429 g/mol. The molecule has 3 heterocycles. The molecule has 1 aliphatic heterocycles. The number of methoxy groups -OCH3 is 2. The van der Waals surface area contributed by atoms with Gasteiger partial charge >= 0.3 is 0 Å². The number of aromatic nitrogens is 2. The lowest BCUT2D eigenvalue weighted by Crippen LogP contribution is -2.35. The van der Waals surface area contributed by atoms with Crippen LogP contribution in [0, 0.1) is 0 Å². The average Bonchev–Trinajstić information content (AvgIpc) is 3.22. The fourth-order valence-corrected chi connectivity index (χ4v) is 4.82. The summed E-state index contributed by atoms with van der Waals surface area (Å²) in [6, 6.07) is 16.4. The van der Waals surface area contributed by atoms with Crippen molar-refractivity contribution in [2.45, 2.75) is 25.6 Å². The summed E-state index contributed by atoms with van der Waals surface area (Å²) in [5.74, 6) is 1.58. The van der Waals surface area contributed by atoms with Gasteiger partial charge in [0.25, 0.3) is 0 Å². The number of H-pyrrole nitrogens is 1. The Morgan fingerprint density at radius 2 is 2.03 bits per heavy atom. The van der Waals surface area contributed by atoms with Crippen molar-refractivity contribution in [1.29, 1.82) is 0 Å². The van der Waals surface area contributed by atoms with Crippen LogP contribution in [0.1, 0.15) is 34.0 Å². The highest BCUT2D eigenvalue weighted by Crippen LogP contribution is 2.40. The molecule has 1 aliphatic rings. The van der Waals surface area contributed by atoms with Crippen molar-refractivity contribution in [3.63, 3.8) is 0 Å². The van der Waals surface area contributed by atoms with Crippen molar-refractivity contribution < 1.29 is 14.6 Å². The first-order valence-electron chi connectivity index (χ1n) is 10.8. The van der Waals surface area contributed by atoms with E-state index >= 15 is 0 Å². The number of pyridine rings is 1. The SMILES string of the molecule is COc1ccc2[nH]c3c(c2c1)CCN(Cc1ccc(OC)c(CO)c1)[C@H]3c1cccnc1. The number of hydrogen-bond donors (Lipinski definition) is 2. The molecule has 5 rings (SSSR count). The predicted octanol–water partition coefficient (Wildman–Crippen LogP) is 4.22. The quantitative estimate of drug-likeness (QED) is 0.480. The molecule has 0 amide bonds. The Bertz CT molecular complexity index is 1240. The number of ether oxygens (including phenoxy) is 2. The van der Waals surface area contributed by atoms with Gasteiger partial charge in [-0.1, -0.05) is 12.1 Å². The lowest BCUT2D eigenvalue weighted by molar-refractivity contribution is 0.201. The Morgan fingerprint density at radius 1 is 1.12 bits per heavy atom. The first-order valence-corrected chi connectivity index (χ1v) is 10.8. The summed E-state index contributed by atoms with van der Waals surface area (Å²) in [7, 11) is 3.33. The van der Waals surface area contributed by atoms with Gasteiger partial charge in [0.15, 0.2) is 0 Å². The molecule has 0 radical (unpaired) electrons. The first-order chi connectivity index (χ1) is 15.7. The number of fused-ring (bicyclic) bond motifs is 3. The highest BCUT2D eigenvalue weighted by atomic mass is 16.5. The van der Waals surface area contributed by atoms with Crippen LogP contribution in [0.15, 0.2) is 60.9 Å². The van der Waals surface area contributed by atoms with Crippen LogP contribution < -0.4 is 9.47 Å². The maximum atomic E-state index is 9.75. The second-order valence-electron chi connectivity index (χ2n) is 8.14. The number of benzene rings is 2. The summed E-state index contributed by atoms with van der Waals surface area (Å²) < 4.78 is 10.8. The van der Waals surface area contributed by atoms with Gasteiger partial charge in [-0.05, 0) is 59.5 Å². The van der Waals surface area contributed by atoms with E-state index in [1.807, 2.05) is 36.7 Å². The Morgan fingerprint density at radius 3 is 2.78 bits per heavy atom. The Kier molecular flexibility index (Phi) is 5.55. The van der Waals surface area contributed by atoms with Crippen LogP contribution in [0.2, 0.25) is 0 Å². The number of hydrogen-bond acceptors (Lipinski definition) is 5. The fourth-order valence-electron chi connectivity index (χ4n) is 4.82. The van der Waals surface area contributed by atoms with Crippen molar-refractivity contribution >= 4 is 10.9 Å². The molecule has 0 spiro atoms. The van der Waals surface area contributed by atoms with Crippen molar-refractivity contribution in [3.05, 3.63) is 88.9 Å². The molecule has 6 nitrogen and oxygen atoms in total. The lowest BCUT2D eigenvalue weighted by Gasteiger charge is -2.36. The molecule has 2 aromatic heterocycles. The Hall–Kier alpha value is -3.35. The van der Waals surface area contributed by atoms with Gasteiger partial charge in [-0.25, -0.2) is 0 Å². The summed E-state index contributed by atoms with van der Waals surface area (Å²) in [6.07, 6.45) is 4.71. The van der Waals surface area contributed by atoms with Gasteiger partial charge in [0.2, 0.25) is 0 Å². The molecule has 0 fully saturated rings. The number of aliphatic hydroxyl groups excluding tert-OH is 1. The van der Waals surface area contributed by atoms with E-state index in [4.69, 9.17) is 9.47 Å². The van der Waals surface area contributed by atoms with E-state index in [1.165, 1.54) is 16.6 Å². The van der Waals surface area contributed by atoms with Crippen LogP contribution >= 0.6 is 0 Å². The molecule has 0 saturated heterocycles. The van der Waals surface area contributed by atoms with Crippen LogP contribution in [0.25, 0.3) is 10.9 Å². The predicted molar refractivity (Wildman–Crippen MR) is 124 cm³/mol. The number of nitrogens with zero attached hydrogens (tertiary/aromatic N) is 2. The summed E-state index contributed by atoms with van der Waals surface area (Å²) >= 11 is 0. The Labute approximate surface area is 187 Å². The smallest absolute Gasteiger partial charge is 0.124 e. The van der Waals surface area contributed by atoms with E-state index in [0.717, 1.165) is 47.5 Å². The maximum absolute atomic E-state index is 9.75. The molecule has 0 aliphatic carbocycles. The first kappa shape index (κ1) is 20.5. The molecule has 0 bridgehead atoms. The van der Waals surface area contributed by atoms with E-state index in [0.29, 0.717) is 5.75 Å². The van der Waals surface area contributed by atoms with Crippen LogP contribution in [0.3, 0.4) is 0 Å². The molecule has 2 N–H and O–H groups in total. The molecule has 32 heavy (non-hydrogen) atoms. The molecule has 2 aromatic carbocycles. The van der Waals surface area contributed by atoms with Gasteiger partial charge in [-0.3, -0.25) is 9.88 Å². The van der Waals surface area contributed by atoms with E-state index in [1.54, 1.807) is 14.2 Å². The number of rotatable bonds is 6. The van der Waals surface area contributed by atoms with Crippen molar-refractivity contribution in [2.24, 2.45) is 0 Å². The molecule has 1 atom stereocenters.